The molecule has 0 unspecified atom stereocenters. The molecular weight excluding hydrogens is 244 g/mol. The van der Waals surface area contributed by atoms with E-state index >= 15 is 0 Å². The fourth-order valence-electron chi connectivity index (χ4n) is 1.00. The zero-order chi connectivity index (χ0) is 16.1. The van der Waals surface area contributed by atoms with Gasteiger partial charge in [0.05, 0.1) is 2.74 Å². The number of carbonyl (C=O) groups excluding carboxylic acids is 4. The molecular formula is C11H16O7. The van der Waals surface area contributed by atoms with E-state index < -0.39 is 42.5 Å². The maximum Gasteiger partial charge on any atom is 0.303 e. The van der Waals surface area contributed by atoms with Gasteiger partial charge in [0.25, 0.3) is 0 Å². The summed E-state index contributed by atoms with van der Waals surface area (Å²) in [6.07, 6.45) is -3.61. The van der Waals surface area contributed by atoms with Crippen LogP contribution in [0.25, 0.3) is 0 Å². The first-order valence-corrected chi connectivity index (χ1v) is 5.02. The third kappa shape index (κ3) is 6.62. The Morgan fingerprint density at radius 3 is 1.78 bits per heavy atom. The average Bonchev–Trinajstić information content (AvgIpc) is 2.19. The predicted octanol–water partition coefficient (Wildman–Crippen LogP) is 0.00190. The molecule has 0 fully saturated rings. The summed E-state index contributed by atoms with van der Waals surface area (Å²) in [7, 11) is 0. The minimum absolute atomic E-state index is 0.762. The zero-order valence-electron chi connectivity index (χ0n) is 12.5. The van der Waals surface area contributed by atoms with Crippen molar-refractivity contribution in [2.75, 3.05) is 6.56 Å². The van der Waals surface area contributed by atoms with Crippen molar-refractivity contribution < 1.29 is 36.1 Å². The summed E-state index contributed by atoms with van der Waals surface area (Å²) in [5.74, 6) is -3.55. The van der Waals surface area contributed by atoms with Crippen molar-refractivity contribution in [3.63, 3.8) is 0 Å². The van der Waals surface area contributed by atoms with Gasteiger partial charge in [0.1, 0.15) is 6.56 Å². The normalized spacial score (nSPS) is 15.6. The summed E-state index contributed by atoms with van der Waals surface area (Å²) in [4.78, 5) is 44.3. The highest BCUT2D eigenvalue weighted by Gasteiger charge is 2.32. The molecule has 7 heteroatoms. The van der Waals surface area contributed by atoms with Gasteiger partial charge in [-0.15, -0.1) is 0 Å². The molecule has 0 aliphatic rings. The number of hydrogen-bond donors (Lipinski definition) is 0. The molecule has 0 N–H and O–H groups in total. The molecule has 0 aliphatic carbocycles. The summed E-state index contributed by atoms with van der Waals surface area (Å²) in [6.45, 7) is 1.11. The van der Waals surface area contributed by atoms with Gasteiger partial charge < -0.3 is 14.2 Å². The molecule has 0 bridgehead atoms. The van der Waals surface area contributed by atoms with E-state index in [-0.39, 0.29) is 0 Å². The molecule has 0 aliphatic heterocycles. The molecule has 0 radical (unpaired) electrons. The van der Waals surface area contributed by atoms with E-state index in [1.807, 2.05) is 0 Å². The third-order valence-electron chi connectivity index (χ3n) is 1.58. The molecule has 18 heavy (non-hydrogen) atoms. The molecule has 102 valence electrons. The molecule has 0 heterocycles. The Bertz CT molecular complexity index is 419. The number of rotatable bonds is 6. The van der Waals surface area contributed by atoms with Crippen LogP contribution in [-0.4, -0.2) is 42.5 Å². The minimum atomic E-state index is -2.83. The number of Topliss-reactive ketones (excluding diaryl/α,β-unsaturated/α-hetero) is 1. The summed E-state index contributed by atoms with van der Waals surface area (Å²) in [5, 5.41) is 0. The lowest BCUT2D eigenvalue weighted by Gasteiger charge is -2.23. The van der Waals surface area contributed by atoms with Gasteiger partial charge in [-0.1, -0.05) is 0 Å². The Morgan fingerprint density at radius 1 is 0.944 bits per heavy atom. The molecule has 0 aromatic rings. The van der Waals surface area contributed by atoms with Crippen LogP contribution in [0.15, 0.2) is 0 Å². The zero-order valence-corrected chi connectivity index (χ0v) is 10.5. The maximum atomic E-state index is 11.5. The first-order chi connectivity index (χ1) is 8.97. The topological polar surface area (TPSA) is 96.0 Å². The number of esters is 3. The highest BCUT2D eigenvalue weighted by molar-refractivity contribution is 5.84. The predicted molar refractivity (Wildman–Crippen MR) is 58.4 cm³/mol. The van der Waals surface area contributed by atoms with Crippen molar-refractivity contribution in [1.29, 1.82) is 0 Å². The molecule has 0 aromatic heterocycles. The van der Waals surface area contributed by atoms with E-state index in [1.54, 1.807) is 0 Å². The Kier molecular flexibility index (Phi) is 5.16. The minimum Gasteiger partial charge on any atom is -0.462 e. The van der Waals surface area contributed by atoms with Gasteiger partial charge in [0.2, 0.25) is 0 Å². The van der Waals surface area contributed by atoms with E-state index in [4.69, 9.17) is 2.74 Å². The summed E-state index contributed by atoms with van der Waals surface area (Å²) >= 11 is 0. The Hall–Kier alpha value is -1.92. The van der Waals surface area contributed by atoms with Crippen LogP contribution in [0.2, 0.25) is 0 Å². The van der Waals surface area contributed by atoms with Gasteiger partial charge in [-0.25, -0.2) is 0 Å². The lowest BCUT2D eigenvalue weighted by atomic mass is 10.1. The van der Waals surface area contributed by atoms with E-state index in [2.05, 4.69) is 14.2 Å². The van der Waals surface area contributed by atoms with Gasteiger partial charge in [-0.3, -0.25) is 19.2 Å². The van der Waals surface area contributed by atoms with Crippen molar-refractivity contribution >= 4 is 23.7 Å². The SMILES string of the molecule is [2H]C([2H])(OC(C)=O)[C@@H](OC(C)=O)[C@H](OC(C)=O)C(C)=O. The van der Waals surface area contributed by atoms with Crippen LogP contribution in [0, 0.1) is 0 Å². The third-order valence-corrected chi connectivity index (χ3v) is 1.58. The lowest BCUT2D eigenvalue weighted by Crippen LogP contribution is -2.42. The van der Waals surface area contributed by atoms with Crippen molar-refractivity contribution in [2.24, 2.45) is 0 Å². The molecule has 0 spiro atoms. The van der Waals surface area contributed by atoms with Gasteiger partial charge >= 0.3 is 17.9 Å². The molecule has 0 rings (SSSR count). The van der Waals surface area contributed by atoms with Crippen molar-refractivity contribution in [3.05, 3.63) is 0 Å². The van der Waals surface area contributed by atoms with E-state index in [0.717, 1.165) is 27.7 Å². The summed E-state index contributed by atoms with van der Waals surface area (Å²) in [5.41, 5.74) is 0. The fraction of sp³-hybridized carbons (Fsp3) is 0.636. The Morgan fingerprint density at radius 2 is 1.44 bits per heavy atom. The second-order valence-electron chi connectivity index (χ2n) is 3.38. The van der Waals surface area contributed by atoms with Crippen LogP contribution in [0.5, 0.6) is 0 Å². The maximum absolute atomic E-state index is 11.5. The average molecular weight is 262 g/mol. The first kappa shape index (κ1) is 12.5. The smallest absolute Gasteiger partial charge is 0.303 e. The summed E-state index contributed by atoms with van der Waals surface area (Å²) in [6, 6.07) is 0. The largest absolute Gasteiger partial charge is 0.462 e. The fourth-order valence-corrected chi connectivity index (χ4v) is 1.00. The monoisotopic (exact) mass is 262 g/mol. The van der Waals surface area contributed by atoms with Crippen molar-refractivity contribution in [1.82, 2.24) is 0 Å². The number of ether oxygens (including phenoxy) is 3. The highest BCUT2D eigenvalue weighted by atomic mass is 16.6. The van der Waals surface area contributed by atoms with Crippen LogP contribution < -0.4 is 0 Å². The molecule has 0 saturated carbocycles. The first-order valence-electron chi connectivity index (χ1n) is 6.02. The van der Waals surface area contributed by atoms with Crippen LogP contribution in [0.4, 0.5) is 0 Å². The van der Waals surface area contributed by atoms with Gasteiger partial charge in [-0.2, -0.15) is 0 Å². The lowest BCUT2D eigenvalue weighted by molar-refractivity contribution is -0.175. The van der Waals surface area contributed by atoms with Gasteiger partial charge in [-0.05, 0) is 6.92 Å². The molecule has 0 amide bonds. The van der Waals surface area contributed by atoms with Crippen LogP contribution >= 0.6 is 0 Å². The molecule has 0 saturated heterocycles. The Balaban J connectivity index is 5.48. The number of hydrogen-bond acceptors (Lipinski definition) is 7. The Labute approximate surface area is 107 Å². The van der Waals surface area contributed by atoms with E-state index in [1.165, 1.54) is 0 Å². The highest BCUT2D eigenvalue weighted by Crippen LogP contribution is 2.08. The van der Waals surface area contributed by atoms with Crippen molar-refractivity contribution in [3.8, 4) is 0 Å². The van der Waals surface area contributed by atoms with Gasteiger partial charge in [0, 0.05) is 20.8 Å². The molecule has 7 nitrogen and oxygen atoms in total. The summed E-state index contributed by atoms with van der Waals surface area (Å²) < 4.78 is 28.8. The van der Waals surface area contributed by atoms with Crippen LogP contribution in [0.1, 0.15) is 30.4 Å². The van der Waals surface area contributed by atoms with E-state index in [0.29, 0.717) is 0 Å². The standard InChI is InChI=1S/C11H16O7/c1-6(12)11(18-9(4)15)10(17-8(3)14)5-16-7(2)13/h10-11H,5H2,1-4H3/t10-,11-/m1/s1/i5D2. The van der Waals surface area contributed by atoms with Crippen LogP contribution in [-0.2, 0) is 33.4 Å². The van der Waals surface area contributed by atoms with Crippen molar-refractivity contribution in [2.45, 2.75) is 39.9 Å². The second kappa shape index (κ2) is 7.41. The number of carbonyl (C=O) groups is 4. The van der Waals surface area contributed by atoms with Gasteiger partial charge in [0.15, 0.2) is 18.0 Å². The number of ketones is 1. The van der Waals surface area contributed by atoms with E-state index in [9.17, 15) is 19.2 Å². The van der Waals surface area contributed by atoms with Crippen LogP contribution in [0.3, 0.4) is 0 Å². The molecule has 2 atom stereocenters. The molecule has 0 aromatic carbocycles. The quantitative estimate of drug-likeness (QED) is 0.491. The second-order valence-corrected chi connectivity index (χ2v) is 3.38.